The maximum atomic E-state index is 12.4. The molecule has 0 aliphatic carbocycles. The Morgan fingerprint density at radius 3 is 1.96 bits per heavy atom. The van der Waals surface area contributed by atoms with E-state index in [0.29, 0.717) is 59.3 Å². The van der Waals surface area contributed by atoms with Crippen molar-refractivity contribution in [3.05, 3.63) is 0 Å². The van der Waals surface area contributed by atoms with Gasteiger partial charge >= 0.3 is 0 Å². The summed E-state index contributed by atoms with van der Waals surface area (Å²) in [5.41, 5.74) is -0.457. The van der Waals surface area contributed by atoms with E-state index >= 15 is 0 Å². The molecule has 1 atom stereocenters. The Hall–Kier alpha value is -0.0000000000000000555. The molecular formula is C16H32ClNO7S. The summed E-state index contributed by atoms with van der Waals surface area (Å²) < 4.78 is 52.1. The van der Waals surface area contributed by atoms with E-state index in [1.165, 1.54) is 0 Å². The van der Waals surface area contributed by atoms with Crippen molar-refractivity contribution in [2.75, 3.05) is 71.0 Å². The molecule has 156 valence electrons. The van der Waals surface area contributed by atoms with E-state index < -0.39 is 21.5 Å². The second-order valence-corrected chi connectivity index (χ2v) is 9.17. The summed E-state index contributed by atoms with van der Waals surface area (Å²) in [6.07, 6.45) is -0.138. The Bertz CT molecular complexity index is 446. The molecule has 0 saturated carbocycles. The van der Waals surface area contributed by atoms with Gasteiger partial charge in [-0.25, -0.2) is 13.3 Å². The molecule has 1 aliphatic rings. The number of hydrogen-bond donors (Lipinski definition) is 1. The third kappa shape index (κ3) is 12.4. The lowest BCUT2D eigenvalue weighted by molar-refractivity contribution is -0.0364. The molecular weight excluding hydrogens is 386 g/mol. The molecule has 0 aromatic rings. The van der Waals surface area contributed by atoms with Gasteiger partial charge in [0.15, 0.2) is 9.84 Å². The molecule has 1 saturated heterocycles. The van der Waals surface area contributed by atoms with Gasteiger partial charge in [-0.2, -0.15) is 0 Å². The van der Waals surface area contributed by atoms with Crippen molar-refractivity contribution in [3.63, 3.8) is 0 Å². The van der Waals surface area contributed by atoms with Crippen molar-refractivity contribution in [3.8, 4) is 0 Å². The van der Waals surface area contributed by atoms with E-state index in [0.717, 1.165) is 0 Å². The quantitative estimate of drug-likeness (QED) is 0.634. The van der Waals surface area contributed by atoms with Crippen molar-refractivity contribution >= 4 is 21.6 Å². The molecule has 1 heterocycles. The standard InChI is InChI=1S/C16H32ClNO7S/c1-16(2,18-17)3-12-26(19,20)14-15-13-24-9-8-22-5-4-21-6-7-23-10-11-25-15/h15,18H,3-14H2,1-2H3. The van der Waals surface area contributed by atoms with Gasteiger partial charge in [0.1, 0.15) is 0 Å². The van der Waals surface area contributed by atoms with Crippen molar-refractivity contribution in [2.45, 2.75) is 31.9 Å². The van der Waals surface area contributed by atoms with Gasteiger partial charge in [-0.1, -0.05) is 0 Å². The first kappa shape index (κ1) is 24.0. The summed E-state index contributed by atoms with van der Waals surface area (Å²) >= 11 is 5.63. The molecule has 1 aliphatic heterocycles. The molecule has 0 aromatic heterocycles. The number of sulfone groups is 1. The van der Waals surface area contributed by atoms with Crippen LogP contribution >= 0.6 is 11.8 Å². The summed E-state index contributed by atoms with van der Waals surface area (Å²) in [5.74, 6) is -0.0775. The molecule has 1 unspecified atom stereocenters. The summed E-state index contributed by atoms with van der Waals surface area (Å²) in [7, 11) is -3.30. The Labute approximate surface area is 161 Å². The smallest absolute Gasteiger partial charge is 0.153 e. The fourth-order valence-corrected chi connectivity index (χ4v) is 3.96. The molecule has 1 rings (SSSR count). The minimum absolute atomic E-state index is 0.0243. The highest BCUT2D eigenvalue weighted by molar-refractivity contribution is 7.91. The fraction of sp³-hybridized carbons (Fsp3) is 1.00. The number of rotatable bonds is 6. The van der Waals surface area contributed by atoms with Crippen LogP contribution in [0.4, 0.5) is 0 Å². The first-order valence-corrected chi connectivity index (χ1v) is 11.1. The minimum atomic E-state index is -3.30. The average Bonchev–Trinajstić information content (AvgIpc) is 2.60. The Kier molecular flexibility index (Phi) is 12.2. The predicted molar refractivity (Wildman–Crippen MR) is 99.4 cm³/mol. The van der Waals surface area contributed by atoms with Crippen molar-refractivity contribution in [1.29, 1.82) is 0 Å². The van der Waals surface area contributed by atoms with Crippen LogP contribution in [-0.4, -0.2) is 91.0 Å². The Balaban J connectivity index is 2.49. The first-order valence-electron chi connectivity index (χ1n) is 8.85. The number of halogens is 1. The molecule has 1 N–H and O–H groups in total. The van der Waals surface area contributed by atoms with Gasteiger partial charge in [-0.05, 0) is 32.0 Å². The number of nitrogens with one attached hydrogen (secondary N) is 1. The van der Waals surface area contributed by atoms with E-state index in [4.69, 9.17) is 35.5 Å². The van der Waals surface area contributed by atoms with Gasteiger partial charge in [-0.3, -0.25) is 0 Å². The summed E-state index contributed by atoms with van der Waals surface area (Å²) in [6, 6.07) is 0. The van der Waals surface area contributed by atoms with Crippen LogP contribution in [0.5, 0.6) is 0 Å². The zero-order chi connectivity index (χ0) is 19.3. The first-order chi connectivity index (χ1) is 12.3. The van der Waals surface area contributed by atoms with Crippen molar-refractivity contribution in [1.82, 2.24) is 4.84 Å². The van der Waals surface area contributed by atoms with Crippen molar-refractivity contribution in [2.24, 2.45) is 0 Å². The van der Waals surface area contributed by atoms with Gasteiger partial charge in [0.05, 0.1) is 77.1 Å². The highest BCUT2D eigenvalue weighted by Gasteiger charge is 2.24. The van der Waals surface area contributed by atoms with Crippen LogP contribution in [0.3, 0.4) is 0 Å². The zero-order valence-corrected chi connectivity index (χ0v) is 17.3. The largest absolute Gasteiger partial charge is 0.377 e. The molecule has 10 heteroatoms. The molecule has 0 amide bonds. The normalized spacial score (nSPS) is 23.1. The molecule has 26 heavy (non-hydrogen) atoms. The molecule has 0 spiro atoms. The topological polar surface area (TPSA) is 92.3 Å². The maximum absolute atomic E-state index is 12.4. The predicted octanol–water partition coefficient (Wildman–Crippen LogP) is 0.779. The summed E-state index contributed by atoms with van der Waals surface area (Å²) in [4.78, 5) is 2.59. The van der Waals surface area contributed by atoms with Crippen LogP contribution in [-0.2, 0) is 33.5 Å². The molecule has 0 aromatic carbocycles. The van der Waals surface area contributed by atoms with Gasteiger partial charge in [-0.15, -0.1) is 0 Å². The molecule has 8 nitrogen and oxygen atoms in total. The fourth-order valence-electron chi connectivity index (χ4n) is 2.12. The maximum Gasteiger partial charge on any atom is 0.153 e. The Morgan fingerprint density at radius 2 is 1.42 bits per heavy atom. The van der Waals surface area contributed by atoms with Crippen LogP contribution in [0.1, 0.15) is 20.3 Å². The van der Waals surface area contributed by atoms with E-state index in [1.807, 2.05) is 13.8 Å². The third-order valence-corrected chi connectivity index (χ3v) is 5.95. The molecule has 0 radical (unpaired) electrons. The van der Waals surface area contributed by atoms with Crippen LogP contribution in [0, 0.1) is 0 Å². The number of ether oxygens (including phenoxy) is 5. The second-order valence-electron chi connectivity index (χ2n) is 6.75. The van der Waals surface area contributed by atoms with Crippen LogP contribution < -0.4 is 4.84 Å². The van der Waals surface area contributed by atoms with Gasteiger partial charge in [0.2, 0.25) is 0 Å². The Morgan fingerprint density at radius 1 is 0.923 bits per heavy atom. The minimum Gasteiger partial charge on any atom is -0.377 e. The number of hydrogen-bond acceptors (Lipinski definition) is 8. The van der Waals surface area contributed by atoms with Crippen LogP contribution in [0.2, 0.25) is 0 Å². The van der Waals surface area contributed by atoms with Crippen molar-refractivity contribution < 1.29 is 32.1 Å². The van der Waals surface area contributed by atoms with E-state index in [2.05, 4.69) is 4.84 Å². The second kappa shape index (κ2) is 13.2. The van der Waals surface area contributed by atoms with Gasteiger partial charge in [0.25, 0.3) is 0 Å². The zero-order valence-electron chi connectivity index (χ0n) is 15.7. The lowest BCUT2D eigenvalue weighted by atomic mass is 10.0. The lowest BCUT2D eigenvalue weighted by Gasteiger charge is -2.23. The highest BCUT2D eigenvalue weighted by Crippen LogP contribution is 2.12. The van der Waals surface area contributed by atoms with Crippen LogP contribution in [0.25, 0.3) is 0 Å². The molecule has 0 bridgehead atoms. The monoisotopic (exact) mass is 417 g/mol. The van der Waals surface area contributed by atoms with Gasteiger partial charge < -0.3 is 23.7 Å². The SMILES string of the molecule is CC(C)(CCS(=O)(=O)CC1COCCOCCOCCOCCO1)NCl. The third-order valence-electron chi connectivity index (χ3n) is 3.73. The summed E-state index contributed by atoms with van der Waals surface area (Å²) in [6.45, 7) is 7.31. The summed E-state index contributed by atoms with van der Waals surface area (Å²) in [5, 5.41) is 0. The van der Waals surface area contributed by atoms with E-state index in [1.54, 1.807) is 0 Å². The van der Waals surface area contributed by atoms with E-state index in [9.17, 15) is 8.42 Å². The van der Waals surface area contributed by atoms with Crippen LogP contribution in [0.15, 0.2) is 0 Å². The van der Waals surface area contributed by atoms with Gasteiger partial charge in [0, 0.05) is 5.54 Å². The molecule has 1 fully saturated rings. The highest BCUT2D eigenvalue weighted by atomic mass is 35.5. The van der Waals surface area contributed by atoms with E-state index in [-0.39, 0.29) is 18.1 Å². The lowest BCUT2D eigenvalue weighted by Crippen LogP contribution is -2.37. The average molecular weight is 418 g/mol.